The standard InChI is InChI=1S/C23H30N6O6/c1-14(20(32)28-17(12-30)7-4-10-26-22(24)25)27-21(33)19(13-31)29-23(34)35-18-9-8-15-5-2-3-6-16(15)11-18/h2-3,5-6,8-9,11-12,14,17,19,31H,4,7,10,13H2,1H3,(H,27,33)(H,28,32)(H,29,34)(H4,24,25,26)/t14-,17-,19+/m0/s1. The SMILES string of the molecule is C[C@H](NC(=O)[C@@H](CO)NC(=O)Oc1ccc2ccccc2c1)C(=O)N[C@H](C=O)CCCN=C(N)N. The number of aliphatic hydroxyl groups is 1. The number of guanidine groups is 1. The third-order valence-electron chi connectivity index (χ3n) is 4.93. The van der Waals surface area contributed by atoms with Crippen molar-refractivity contribution in [3.63, 3.8) is 0 Å². The minimum absolute atomic E-state index is 0.0683. The number of carbonyl (C=O) groups excluding carboxylic acids is 4. The van der Waals surface area contributed by atoms with Crippen LogP contribution in [-0.4, -0.2) is 66.5 Å². The summed E-state index contributed by atoms with van der Waals surface area (Å²) in [5.41, 5.74) is 10.5. The summed E-state index contributed by atoms with van der Waals surface area (Å²) in [7, 11) is 0. The van der Waals surface area contributed by atoms with Crippen molar-refractivity contribution in [2.45, 2.75) is 37.9 Å². The van der Waals surface area contributed by atoms with Crippen LogP contribution in [0.15, 0.2) is 47.5 Å². The Kier molecular flexibility index (Phi) is 10.4. The molecule has 0 aliphatic rings. The van der Waals surface area contributed by atoms with E-state index < -0.39 is 42.6 Å². The number of rotatable bonds is 12. The molecule has 3 amide bonds. The largest absolute Gasteiger partial charge is 0.413 e. The molecule has 12 heteroatoms. The van der Waals surface area contributed by atoms with Crippen LogP contribution in [0.2, 0.25) is 0 Å². The molecule has 0 unspecified atom stereocenters. The fourth-order valence-electron chi connectivity index (χ4n) is 3.08. The predicted molar refractivity (Wildman–Crippen MR) is 129 cm³/mol. The van der Waals surface area contributed by atoms with Crippen molar-refractivity contribution in [2.75, 3.05) is 13.2 Å². The van der Waals surface area contributed by atoms with Crippen molar-refractivity contribution in [3.05, 3.63) is 42.5 Å². The van der Waals surface area contributed by atoms with Gasteiger partial charge in [-0.2, -0.15) is 0 Å². The van der Waals surface area contributed by atoms with Gasteiger partial charge in [-0.15, -0.1) is 0 Å². The van der Waals surface area contributed by atoms with E-state index in [0.29, 0.717) is 25.7 Å². The molecule has 0 spiro atoms. The highest BCUT2D eigenvalue weighted by Gasteiger charge is 2.25. The average molecular weight is 487 g/mol. The van der Waals surface area contributed by atoms with Crippen LogP contribution in [0, 0.1) is 0 Å². The third-order valence-corrected chi connectivity index (χ3v) is 4.93. The van der Waals surface area contributed by atoms with Crippen molar-refractivity contribution in [1.82, 2.24) is 16.0 Å². The Morgan fingerprint density at radius 1 is 1.06 bits per heavy atom. The number of fused-ring (bicyclic) bond motifs is 1. The van der Waals surface area contributed by atoms with E-state index in [0.717, 1.165) is 10.8 Å². The summed E-state index contributed by atoms with van der Waals surface area (Å²) in [5.74, 6) is -1.24. The molecule has 0 saturated carbocycles. The molecule has 0 aromatic heterocycles. The Morgan fingerprint density at radius 2 is 1.77 bits per heavy atom. The van der Waals surface area contributed by atoms with Gasteiger partial charge in [-0.1, -0.05) is 30.3 Å². The highest BCUT2D eigenvalue weighted by molar-refractivity contribution is 5.92. The molecule has 0 radical (unpaired) electrons. The molecule has 0 saturated heterocycles. The number of nitrogens with one attached hydrogen (secondary N) is 3. The van der Waals surface area contributed by atoms with E-state index in [4.69, 9.17) is 16.2 Å². The van der Waals surface area contributed by atoms with Crippen LogP contribution in [0.4, 0.5) is 4.79 Å². The minimum Gasteiger partial charge on any atom is -0.410 e. The highest BCUT2D eigenvalue weighted by Crippen LogP contribution is 2.20. The number of hydrogen-bond acceptors (Lipinski definition) is 7. The van der Waals surface area contributed by atoms with Gasteiger partial charge in [0, 0.05) is 6.54 Å². The summed E-state index contributed by atoms with van der Waals surface area (Å²) in [4.78, 5) is 52.0. The fraction of sp³-hybridized carbons (Fsp3) is 0.348. The molecule has 0 bridgehead atoms. The van der Waals surface area contributed by atoms with Crippen LogP contribution in [0.3, 0.4) is 0 Å². The van der Waals surface area contributed by atoms with Crippen molar-refractivity contribution in [2.24, 2.45) is 16.5 Å². The molecule has 35 heavy (non-hydrogen) atoms. The number of aldehydes is 1. The number of ether oxygens (including phenoxy) is 1. The molecule has 12 nitrogen and oxygen atoms in total. The number of aliphatic hydroxyl groups excluding tert-OH is 1. The number of hydrogen-bond donors (Lipinski definition) is 6. The lowest BCUT2D eigenvalue weighted by Gasteiger charge is -2.21. The summed E-state index contributed by atoms with van der Waals surface area (Å²) in [5, 5.41) is 18.5. The maximum atomic E-state index is 12.5. The summed E-state index contributed by atoms with van der Waals surface area (Å²) in [6, 6.07) is 9.34. The van der Waals surface area contributed by atoms with E-state index in [1.54, 1.807) is 18.2 Å². The van der Waals surface area contributed by atoms with Crippen LogP contribution in [0.1, 0.15) is 19.8 Å². The first-order chi connectivity index (χ1) is 16.7. The van der Waals surface area contributed by atoms with Crippen molar-refractivity contribution < 1.29 is 29.0 Å². The highest BCUT2D eigenvalue weighted by atomic mass is 16.6. The van der Waals surface area contributed by atoms with E-state index in [1.807, 2.05) is 24.3 Å². The second kappa shape index (κ2) is 13.5. The van der Waals surface area contributed by atoms with E-state index in [9.17, 15) is 24.3 Å². The number of nitrogens with two attached hydrogens (primary N) is 2. The summed E-state index contributed by atoms with van der Waals surface area (Å²) < 4.78 is 5.20. The topological polar surface area (TPSA) is 198 Å². The summed E-state index contributed by atoms with van der Waals surface area (Å²) in [6.45, 7) is 0.971. The first-order valence-electron chi connectivity index (χ1n) is 10.9. The quantitative estimate of drug-likeness (QED) is 0.100. The van der Waals surface area contributed by atoms with Crippen LogP contribution in [-0.2, 0) is 14.4 Å². The zero-order valence-electron chi connectivity index (χ0n) is 19.3. The van der Waals surface area contributed by atoms with Crippen LogP contribution >= 0.6 is 0 Å². The van der Waals surface area contributed by atoms with E-state index in [2.05, 4.69) is 20.9 Å². The Labute approximate surface area is 202 Å². The molecule has 2 rings (SSSR count). The second-order valence-corrected chi connectivity index (χ2v) is 7.71. The molecule has 0 heterocycles. The molecule has 0 aliphatic heterocycles. The average Bonchev–Trinajstić information content (AvgIpc) is 2.83. The first kappa shape index (κ1) is 27.1. The number of amides is 3. The first-order valence-corrected chi connectivity index (χ1v) is 10.9. The molecule has 8 N–H and O–H groups in total. The van der Waals surface area contributed by atoms with Gasteiger partial charge in [0.1, 0.15) is 24.1 Å². The van der Waals surface area contributed by atoms with Gasteiger partial charge < -0.3 is 42.1 Å². The van der Waals surface area contributed by atoms with Gasteiger partial charge in [0.2, 0.25) is 11.8 Å². The zero-order chi connectivity index (χ0) is 25.8. The van der Waals surface area contributed by atoms with Gasteiger partial charge in [-0.25, -0.2) is 4.79 Å². The lowest BCUT2D eigenvalue weighted by molar-refractivity contribution is -0.131. The Morgan fingerprint density at radius 3 is 2.43 bits per heavy atom. The number of nitrogens with zero attached hydrogens (tertiary/aromatic N) is 1. The normalized spacial score (nSPS) is 13.1. The zero-order valence-corrected chi connectivity index (χ0v) is 19.3. The van der Waals surface area contributed by atoms with Gasteiger partial charge in [0.15, 0.2) is 5.96 Å². The maximum absolute atomic E-state index is 12.5. The second-order valence-electron chi connectivity index (χ2n) is 7.71. The van der Waals surface area contributed by atoms with Crippen LogP contribution in [0.25, 0.3) is 10.8 Å². The Hall–Kier alpha value is -4.19. The Balaban J connectivity index is 1.85. The van der Waals surface area contributed by atoms with Crippen molar-refractivity contribution >= 4 is 40.9 Å². The molecular weight excluding hydrogens is 456 g/mol. The van der Waals surface area contributed by atoms with Gasteiger partial charge in [0.25, 0.3) is 0 Å². The number of carbonyl (C=O) groups is 4. The smallest absolute Gasteiger partial charge is 0.410 e. The molecule has 2 aromatic carbocycles. The summed E-state index contributed by atoms with van der Waals surface area (Å²) in [6.07, 6.45) is 0.378. The molecule has 0 fully saturated rings. The van der Waals surface area contributed by atoms with E-state index in [1.165, 1.54) is 6.92 Å². The lowest BCUT2D eigenvalue weighted by Crippen LogP contribution is -2.55. The molecule has 0 aliphatic carbocycles. The molecule has 188 valence electrons. The molecular formula is C23H30N6O6. The fourth-order valence-corrected chi connectivity index (χ4v) is 3.08. The monoisotopic (exact) mass is 486 g/mol. The van der Waals surface area contributed by atoms with Gasteiger partial charge >= 0.3 is 6.09 Å². The minimum atomic E-state index is -1.36. The number of benzene rings is 2. The van der Waals surface area contributed by atoms with Crippen molar-refractivity contribution in [1.29, 1.82) is 0 Å². The third kappa shape index (κ3) is 8.93. The van der Waals surface area contributed by atoms with Gasteiger partial charge in [-0.05, 0) is 42.7 Å². The predicted octanol–water partition coefficient (Wildman–Crippen LogP) is -0.469. The maximum Gasteiger partial charge on any atom is 0.413 e. The lowest BCUT2D eigenvalue weighted by atomic mass is 10.1. The van der Waals surface area contributed by atoms with Gasteiger partial charge in [0.05, 0.1) is 12.6 Å². The molecule has 3 atom stereocenters. The van der Waals surface area contributed by atoms with E-state index >= 15 is 0 Å². The van der Waals surface area contributed by atoms with Crippen molar-refractivity contribution in [3.8, 4) is 5.75 Å². The van der Waals surface area contributed by atoms with Crippen LogP contribution < -0.4 is 32.2 Å². The summed E-state index contributed by atoms with van der Waals surface area (Å²) >= 11 is 0. The van der Waals surface area contributed by atoms with Gasteiger partial charge in [-0.3, -0.25) is 14.6 Å². The molecule has 2 aromatic rings. The van der Waals surface area contributed by atoms with Crippen LogP contribution in [0.5, 0.6) is 5.75 Å². The van der Waals surface area contributed by atoms with E-state index in [-0.39, 0.29) is 11.7 Å². The number of aliphatic imine (C=N–C) groups is 1. The Bertz CT molecular complexity index is 1070.